The van der Waals surface area contributed by atoms with Crippen LogP contribution in [0.1, 0.15) is 40.5 Å². The van der Waals surface area contributed by atoms with Gasteiger partial charge in [0.05, 0.1) is 24.2 Å². The molecular weight excluding hydrogens is 352 g/mol. The zero-order valence-electron chi connectivity index (χ0n) is 15.5. The molecule has 146 valence electrons. The smallest absolute Gasteiger partial charge is 0.310 e. The molecule has 0 aromatic heterocycles. The molecule has 8 nitrogen and oxygen atoms in total. The fraction of sp³-hybridized carbons (Fsp3) is 0.474. The lowest BCUT2D eigenvalue weighted by Crippen LogP contribution is -2.40. The Labute approximate surface area is 157 Å². The molecule has 1 aromatic rings. The number of hydrogen-bond acceptors (Lipinski definition) is 6. The fourth-order valence-corrected chi connectivity index (χ4v) is 2.99. The van der Waals surface area contributed by atoms with Gasteiger partial charge in [-0.05, 0) is 18.6 Å². The van der Waals surface area contributed by atoms with Gasteiger partial charge in [-0.15, -0.1) is 0 Å². The average Bonchev–Trinajstić information content (AvgIpc) is 2.92. The number of hydrogen-bond donors (Lipinski definition) is 1. The third-order valence-electron chi connectivity index (χ3n) is 4.46. The summed E-state index contributed by atoms with van der Waals surface area (Å²) in [6.07, 6.45) is 0.317. The number of fused-ring (bicyclic) bond motifs is 1. The zero-order valence-corrected chi connectivity index (χ0v) is 15.5. The zero-order chi connectivity index (χ0) is 20.0. The van der Waals surface area contributed by atoms with Crippen LogP contribution >= 0.6 is 0 Å². The van der Waals surface area contributed by atoms with Crippen molar-refractivity contribution in [2.75, 3.05) is 33.4 Å². The quantitative estimate of drug-likeness (QED) is 0.502. The molecule has 1 unspecified atom stereocenters. The Hall–Kier alpha value is -2.74. The number of rotatable bonds is 9. The number of carbonyl (C=O) groups is 4. The van der Waals surface area contributed by atoms with Crippen LogP contribution in [0.5, 0.6) is 0 Å². The summed E-state index contributed by atoms with van der Waals surface area (Å²) < 4.78 is 4.68. The molecule has 1 aliphatic heterocycles. The molecule has 0 bridgehead atoms. The summed E-state index contributed by atoms with van der Waals surface area (Å²) in [6, 6.07) is 6.54. The summed E-state index contributed by atoms with van der Waals surface area (Å²) in [4.78, 5) is 51.4. The minimum atomic E-state index is -0.517. The molecule has 0 aliphatic carbocycles. The molecular formula is C19H24N2O6. The van der Waals surface area contributed by atoms with Gasteiger partial charge in [0.1, 0.15) is 0 Å². The average molecular weight is 376 g/mol. The molecule has 0 saturated heterocycles. The van der Waals surface area contributed by atoms with E-state index in [9.17, 15) is 19.2 Å². The highest BCUT2D eigenvalue weighted by atomic mass is 16.5. The van der Waals surface area contributed by atoms with Crippen LogP contribution in [0.2, 0.25) is 0 Å². The lowest BCUT2D eigenvalue weighted by molar-refractivity contribution is -0.146. The normalized spacial score (nSPS) is 14.1. The topological polar surface area (TPSA) is 104 Å². The van der Waals surface area contributed by atoms with Crippen molar-refractivity contribution >= 4 is 23.7 Å². The van der Waals surface area contributed by atoms with Crippen LogP contribution in [0.4, 0.5) is 0 Å². The Bertz CT molecular complexity index is 698. The highest BCUT2D eigenvalue weighted by Crippen LogP contribution is 2.22. The molecule has 0 saturated carbocycles. The Kier molecular flexibility index (Phi) is 7.06. The van der Waals surface area contributed by atoms with Gasteiger partial charge in [-0.25, -0.2) is 0 Å². The molecule has 3 amide bonds. The maximum atomic E-state index is 12.6. The summed E-state index contributed by atoms with van der Waals surface area (Å²) in [6.45, 7) is 1.95. The minimum absolute atomic E-state index is 0.0343. The van der Waals surface area contributed by atoms with Crippen molar-refractivity contribution in [3.8, 4) is 0 Å². The van der Waals surface area contributed by atoms with Gasteiger partial charge in [0.15, 0.2) is 0 Å². The number of carbonyl (C=O) groups excluding carboxylic acids is 4. The largest absolute Gasteiger partial charge is 0.469 e. The molecule has 1 N–H and O–H groups in total. The van der Waals surface area contributed by atoms with Gasteiger partial charge in [0.2, 0.25) is 5.91 Å². The van der Waals surface area contributed by atoms with Gasteiger partial charge in [-0.3, -0.25) is 24.1 Å². The van der Waals surface area contributed by atoms with Crippen molar-refractivity contribution in [1.29, 1.82) is 0 Å². The van der Waals surface area contributed by atoms with Crippen molar-refractivity contribution in [3.05, 3.63) is 35.4 Å². The highest BCUT2D eigenvalue weighted by molar-refractivity contribution is 6.21. The maximum Gasteiger partial charge on any atom is 0.310 e. The van der Waals surface area contributed by atoms with Crippen LogP contribution in [0, 0.1) is 5.92 Å². The number of imide groups is 1. The van der Waals surface area contributed by atoms with Crippen LogP contribution in [0.15, 0.2) is 24.3 Å². The number of aliphatic hydroxyl groups excluding tert-OH is 1. The number of ether oxygens (including phenoxy) is 1. The van der Waals surface area contributed by atoms with Crippen molar-refractivity contribution in [2.45, 2.75) is 19.8 Å². The molecule has 0 spiro atoms. The maximum absolute atomic E-state index is 12.6. The molecule has 27 heavy (non-hydrogen) atoms. The van der Waals surface area contributed by atoms with E-state index in [-0.39, 0.29) is 38.6 Å². The van der Waals surface area contributed by atoms with E-state index in [1.165, 1.54) is 12.0 Å². The second kappa shape index (κ2) is 9.27. The first-order valence-electron chi connectivity index (χ1n) is 8.82. The molecule has 1 heterocycles. The van der Waals surface area contributed by atoms with E-state index in [0.29, 0.717) is 17.5 Å². The lowest BCUT2D eigenvalue weighted by Gasteiger charge is -2.25. The van der Waals surface area contributed by atoms with Crippen LogP contribution < -0.4 is 0 Å². The summed E-state index contributed by atoms with van der Waals surface area (Å²) in [5.74, 6) is -2.06. The Morgan fingerprint density at radius 3 is 2.30 bits per heavy atom. The SMILES string of the molecule is COC(=O)C(C)CN(CCCO)C(=O)CCN1C(=O)c2ccccc2C1=O. The highest BCUT2D eigenvalue weighted by Gasteiger charge is 2.35. The van der Waals surface area contributed by atoms with E-state index in [0.717, 1.165) is 4.90 Å². The van der Waals surface area contributed by atoms with Gasteiger partial charge in [-0.1, -0.05) is 19.1 Å². The van der Waals surface area contributed by atoms with E-state index in [4.69, 9.17) is 5.11 Å². The van der Waals surface area contributed by atoms with Crippen molar-refractivity contribution < 1.29 is 29.0 Å². The standard InChI is InChI=1S/C19H24N2O6/c1-13(19(26)27-2)12-20(9-5-11-22)16(23)8-10-21-17(24)14-6-3-4-7-15(14)18(21)25/h3-4,6-7,13,22H,5,8-12H2,1-2H3. The number of aliphatic hydroxyl groups is 1. The second-order valence-corrected chi connectivity index (χ2v) is 6.40. The monoisotopic (exact) mass is 376 g/mol. The molecule has 1 aromatic carbocycles. The molecule has 1 aliphatic rings. The summed E-state index contributed by atoms with van der Waals surface area (Å²) in [7, 11) is 1.28. The number of methoxy groups -OCH3 is 1. The van der Waals surface area contributed by atoms with E-state index < -0.39 is 23.7 Å². The summed E-state index contributed by atoms with van der Waals surface area (Å²) in [5, 5.41) is 9.03. The summed E-state index contributed by atoms with van der Waals surface area (Å²) in [5.41, 5.74) is 0.679. The number of amides is 3. The van der Waals surface area contributed by atoms with Gasteiger partial charge in [0, 0.05) is 32.7 Å². The predicted molar refractivity (Wildman–Crippen MR) is 95.9 cm³/mol. The molecule has 0 fully saturated rings. The first-order valence-corrected chi connectivity index (χ1v) is 8.82. The summed E-state index contributed by atoms with van der Waals surface area (Å²) >= 11 is 0. The Morgan fingerprint density at radius 2 is 1.78 bits per heavy atom. The van der Waals surface area contributed by atoms with Crippen LogP contribution in [0.25, 0.3) is 0 Å². The fourth-order valence-electron chi connectivity index (χ4n) is 2.99. The van der Waals surface area contributed by atoms with Gasteiger partial charge in [-0.2, -0.15) is 0 Å². The van der Waals surface area contributed by atoms with Gasteiger partial charge < -0.3 is 14.7 Å². The molecule has 8 heteroatoms. The van der Waals surface area contributed by atoms with Crippen LogP contribution in [-0.2, 0) is 14.3 Å². The Balaban J connectivity index is 2.00. The van der Waals surface area contributed by atoms with Crippen molar-refractivity contribution in [1.82, 2.24) is 9.80 Å². The van der Waals surface area contributed by atoms with Gasteiger partial charge in [0.25, 0.3) is 11.8 Å². The van der Waals surface area contributed by atoms with Crippen LogP contribution in [0.3, 0.4) is 0 Å². The lowest BCUT2D eigenvalue weighted by atomic mass is 10.1. The van der Waals surface area contributed by atoms with E-state index in [1.54, 1.807) is 31.2 Å². The van der Waals surface area contributed by atoms with Crippen LogP contribution in [-0.4, -0.2) is 71.9 Å². The van der Waals surface area contributed by atoms with Crippen molar-refractivity contribution in [2.24, 2.45) is 5.92 Å². The minimum Gasteiger partial charge on any atom is -0.469 e. The Morgan fingerprint density at radius 1 is 1.19 bits per heavy atom. The second-order valence-electron chi connectivity index (χ2n) is 6.40. The van der Waals surface area contributed by atoms with E-state index >= 15 is 0 Å². The molecule has 0 radical (unpaired) electrons. The van der Waals surface area contributed by atoms with E-state index in [2.05, 4.69) is 4.74 Å². The first-order chi connectivity index (χ1) is 12.9. The number of benzene rings is 1. The first kappa shape index (κ1) is 20.6. The third-order valence-corrected chi connectivity index (χ3v) is 4.46. The number of esters is 1. The predicted octanol–water partition coefficient (Wildman–Crippen LogP) is 0.693. The van der Waals surface area contributed by atoms with Crippen molar-refractivity contribution in [3.63, 3.8) is 0 Å². The van der Waals surface area contributed by atoms with E-state index in [1.807, 2.05) is 0 Å². The molecule has 2 rings (SSSR count). The third kappa shape index (κ3) is 4.71. The van der Waals surface area contributed by atoms with Gasteiger partial charge >= 0.3 is 5.97 Å². The number of nitrogens with zero attached hydrogens (tertiary/aromatic N) is 2. The molecule has 1 atom stereocenters.